The highest BCUT2D eigenvalue weighted by atomic mass is 35.5. The standard InChI is InChI=1S/C20H28Cl2N2O2S/c1-5-10-26-18-12-17(22)16(21)11-15(18)19(23-27-20(2,3)4)14-6-8-24(13-25)9-7-14/h5,11-14,19,23H,1,6-10H2,2-4H3. The maximum absolute atomic E-state index is 11.1. The summed E-state index contributed by atoms with van der Waals surface area (Å²) in [5, 5.41) is 0.980. The second-order valence-corrected chi connectivity index (χ2v) is 10.2. The zero-order valence-corrected chi connectivity index (χ0v) is 18.5. The van der Waals surface area contributed by atoms with Crippen molar-refractivity contribution in [3.8, 4) is 5.75 Å². The number of hydrogen-bond acceptors (Lipinski definition) is 4. The summed E-state index contributed by atoms with van der Waals surface area (Å²) in [5.41, 5.74) is 0.993. The van der Waals surface area contributed by atoms with E-state index < -0.39 is 0 Å². The van der Waals surface area contributed by atoms with Gasteiger partial charge in [0.05, 0.1) is 10.0 Å². The summed E-state index contributed by atoms with van der Waals surface area (Å²) in [6.07, 6.45) is 4.48. The average molecular weight is 431 g/mol. The topological polar surface area (TPSA) is 41.6 Å². The lowest BCUT2D eigenvalue weighted by Gasteiger charge is -2.36. The van der Waals surface area contributed by atoms with E-state index in [-0.39, 0.29) is 10.8 Å². The Balaban J connectivity index is 2.35. The van der Waals surface area contributed by atoms with Gasteiger partial charge in [0.15, 0.2) is 0 Å². The first-order valence-corrected chi connectivity index (χ1v) is 10.7. The van der Waals surface area contributed by atoms with E-state index in [2.05, 4.69) is 32.1 Å². The third-order valence-corrected chi connectivity index (χ3v) is 6.14. The molecule has 1 heterocycles. The molecular formula is C20H28Cl2N2O2S. The second kappa shape index (κ2) is 10.1. The zero-order chi connectivity index (χ0) is 20.0. The molecule has 1 aromatic rings. The number of amides is 1. The number of likely N-dealkylation sites (tertiary alicyclic amines) is 1. The minimum Gasteiger partial charge on any atom is -0.489 e. The van der Waals surface area contributed by atoms with Crippen molar-refractivity contribution in [2.45, 2.75) is 44.4 Å². The SMILES string of the molecule is C=CCOc1cc(Cl)c(Cl)cc1C(NSC(C)(C)C)C1CCN(C=O)CC1. The molecule has 1 aliphatic rings. The van der Waals surface area contributed by atoms with Crippen LogP contribution in [0.2, 0.25) is 10.0 Å². The van der Waals surface area contributed by atoms with Gasteiger partial charge < -0.3 is 9.64 Å². The largest absolute Gasteiger partial charge is 0.489 e. The van der Waals surface area contributed by atoms with E-state index in [0.29, 0.717) is 28.3 Å². The van der Waals surface area contributed by atoms with Crippen molar-refractivity contribution < 1.29 is 9.53 Å². The summed E-state index contributed by atoms with van der Waals surface area (Å²) in [5.74, 6) is 1.08. The van der Waals surface area contributed by atoms with Crippen molar-refractivity contribution in [1.29, 1.82) is 0 Å². The van der Waals surface area contributed by atoms with E-state index in [9.17, 15) is 4.79 Å². The Kier molecular flexibility index (Phi) is 8.35. The van der Waals surface area contributed by atoms with Crippen LogP contribution in [0, 0.1) is 5.92 Å². The van der Waals surface area contributed by atoms with Crippen LogP contribution in [0.3, 0.4) is 0 Å². The molecule has 1 aromatic carbocycles. The Morgan fingerprint density at radius 3 is 2.52 bits per heavy atom. The highest BCUT2D eigenvalue weighted by Gasteiger charge is 2.31. The second-order valence-electron chi connectivity index (χ2n) is 7.69. The molecule has 1 saturated heterocycles. The van der Waals surface area contributed by atoms with Gasteiger partial charge in [-0.15, -0.1) is 0 Å². The fourth-order valence-electron chi connectivity index (χ4n) is 3.07. The molecule has 1 atom stereocenters. The van der Waals surface area contributed by atoms with E-state index in [0.717, 1.165) is 37.9 Å². The summed E-state index contributed by atoms with van der Waals surface area (Å²) in [7, 11) is 0. The van der Waals surface area contributed by atoms with Gasteiger partial charge in [-0.25, -0.2) is 0 Å². The monoisotopic (exact) mass is 430 g/mol. The van der Waals surface area contributed by atoms with Gasteiger partial charge in [0.2, 0.25) is 6.41 Å². The van der Waals surface area contributed by atoms with Gasteiger partial charge in [-0.3, -0.25) is 9.52 Å². The summed E-state index contributed by atoms with van der Waals surface area (Å²) in [4.78, 5) is 12.9. The van der Waals surface area contributed by atoms with Crippen molar-refractivity contribution in [3.63, 3.8) is 0 Å². The molecular weight excluding hydrogens is 403 g/mol. The number of hydrogen-bond donors (Lipinski definition) is 1. The Labute approximate surface area is 176 Å². The lowest BCUT2D eigenvalue weighted by atomic mass is 9.85. The minimum atomic E-state index is 0.0395. The molecule has 1 unspecified atom stereocenters. The predicted octanol–water partition coefficient (Wildman–Crippen LogP) is 5.50. The predicted molar refractivity (Wildman–Crippen MR) is 116 cm³/mol. The highest BCUT2D eigenvalue weighted by molar-refractivity contribution is 7.98. The Morgan fingerprint density at radius 1 is 1.33 bits per heavy atom. The van der Waals surface area contributed by atoms with Crippen LogP contribution in [0.4, 0.5) is 0 Å². The Bertz CT molecular complexity index is 656. The Hall–Kier alpha value is -0.880. The van der Waals surface area contributed by atoms with Gasteiger partial charge in [0.25, 0.3) is 0 Å². The molecule has 7 heteroatoms. The molecule has 0 saturated carbocycles. The van der Waals surface area contributed by atoms with Gasteiger partial charge in [-0.05, 0) is 45.6 Å². The summed E-state index contributed by atoms with van der Waals surface area (Å²) < 4.78 is 9.59. The van der Waals surface area contributed by atoms with Crippen LogP contribution in [-0.4, -0.2) is 35.8 Å². The number of rotatable bonds is 8. The van der Waals surface area contributed by atoms with Crippen LogP contribution in [0.25, 0.3) is 0 Å². The molecule has 0 bridgehead atoms. The molecule has 1 fully saturated rings. The first-order chi connectivity index (χ1) is 12.7. The molecule has 1 N–H and O–H groups in total. The van der Waals surface area contributed by atoms with Crippen molar-refractivity contribution in [2.75, 3.05) is 19.7 Å². The molecule has 1 aliphatic heterocycles. The maximum Gasteiger partial charge on any atom is 0.209 e. The highest BCUT2D eigenvalue weighted by Crippen LogP contribution is 2.41. The van der Waals surface area contributed by atoms with Gasteiger partial charge >= 0.3 is 0 Å². The number of nitrogens with one attached hydrogen (secondary N) is 1. The van der Waals surface area contributed by atoms with E-state index in [4.69, 9.17) is 27.9 Å². The third-order valence-electron chi connectivity index (χ3n) is 4.43. The van der Waals surface area contributed by atoms with Crippen molar-refractivity contribution in [2.24, 2.45) is 5.92 Å². The Morgan fingerprint density at radius 2 is 1.96 bits per heavy atom. The zero-order valence-electron chi connectivity index (χ0n) is 16.1. The fraction of sp³-hybridized carbons (Fsp3) is 0.550. The summed E-state index contributed by atoms with van der Waals surface area (Å²) in [6, 6.07) is 3.72. The van der Waals surface area contributed by atoms with Crippen LogP contribution in [-0.2, 0) is 4.79 Å². The number of carbonyl (C=O) groups is 1. The van der Waals surface area contributed by atoms with Crippen LogP contribution in [0.5, 0.6) is 5.75 Å². The number of ether oxygens (including phenoxy) is 1. The first kappa shape index (κ1) is 22.4. The molecule has 1 amide bonds. The van der Waals surface area contributed by atoms with E-state index in [1.54, 1.807) is 24.1 Å². The van der Waals surface area contributed by atoms with Gasteiger partial charge in [0.1, 0.15) is 12.4 Å². The molecule has 2 rings (SSSR count). The molecule has 0 aromatic heterocycles. The van der Waals surface area contributed by atoms with Crippen LogP contribution in [0.1, 0.15) is 45.2 Å². The quantitative estimate of drug-likeness (QED) is 0.335. The minimum absolute atomic E-state index is 0.0395. The molecule has 4 nitrogen and oxygen atoms in total. The summed E-state index contributed by atoms with van der Waals surface area (Å²) in [6.45, 7) is 12.1. The molecule has 0 spiro atoms. The van der Waals surface area contributed by atoms with Crippen molar-refractivity contribution in [1.82, 2.24) is 9.62 Å². The molecule has 0 aliphatic carbocycles. The van der Waals surface area contributed by atoms with Gasteiger partial charge in [-0.1, -0.05) is 47.8 Å². The van der Waals surface area contributed by atoms with Crippen LogP contribution in [0.15, 0.2) is 24.8 Å². The number of benzene rings is 1. The average Bonchev–Trinajstić information content (AvgIpc) is 2.62. The molecule has 27 heavy (non-hydrogen) atoms. The maximum atomic E-state index is 11.1. The van der Waals surface area contributed by atoms with Crippen LogP contribution < -0.4 is 9.46 Å². The molecule has 0 radical (unpaired) electrons. The fourth-order valence-corrected chi connectivity index (χ4v) is 4.20. The lowest BCUT2D eigenvalue weighted by Crippen LogP contribution is -2.38. The third kappa shape index (κ3) is 6.60. The number of halogens is 2. The summed E-state index contributed by atoms with van der Waals surface area (Å²) >= 11 is 14.3. The number of nitrogens with zero attached hydrogens (tertiary/aromatic N) is 1. The smallest absolute Gasteiger partial charge is 0.209 e. The number of piperidine rings is 1. The van der Waals surface area contributed by atoms with Gasteiger partial charge in [-0.2, -0.15) is 0 Å². The lowest BCUT2D eigenvalue weighted by molar-refractivity contribution is -0.119. The normalized spacial score (nSPS) is 16.9. The van der Waals surface area contributed by atoms with E-state index >= 15 is 0 Å². The molecule has 150 valence electrons. The first-order valence-electron chi connectivity index (χ1n) is 9.10. The van der Waals surface area contributed by atoms with Crippen LogP contribution >= 0.6 is 35.1 Å². The van der Waals surface area contributed by atoms with E-state index in [1.807, 2.05) is 11.0 Å². The van der Waals surface area contributed by atoms with Gasteiger partial charge in [0, 0.05) is 35.5 Å². The van der Waals surface area contributed by atoms with E-state index in [1.165, 1.54) is 0 Å². The van der Waals surface area contributed by atoms with Crippen molar-refractivity contribution >= 4 is 41.6 Å². The van der Waals surface area contributed by atoms with Crippen molar-refractivity contribution in [3.05, 3.63) is 40.4 Å². The number of carbonyl (C=O) groups excluding carboxylic acids is 1.